The maximum absolute atomic E-state index is 6.07. The number of nitrogens with zero attached hydrogens (tertiary/aromatic N) is 4. The minimum atomic E-state index is 0.622. The van der Waals surface area contributed by atoms with E-state index in [0.717, 1.165) is 40.5 Å². The van der Waals surface area contributed by atoms with Crippen molar-refractivity contribution in [3.63, 3.8) is 0 Å². The van der Waals surface area contributed by atoms with Crippen LogP contribution in [-0.4, -0.2) is 19.7 Å². The lowest BCUT2D eigenvalue weighted by atomic mass is 9.89. The molecule has 5 nitrogen and oxygen atoms in total. The molecule has 0 saturated carbocycles. The molecular formula is C15H17N5S. The Kier molecular flexibility index (Phi) is 2.75. The van der Waals surface area contributed by atoms with Crippen LogP contribution in [0.1, 0.15) is 29.5 Å². The molecular weight excluding hydrogens is 282 g/mol. The highest BCUT2D eigenvalue weighted by Crippen LogP contribution is 2.39. The van der Waals surface area contributed by atoms with E-state index in [0.29, 0.717) is 5.82 Å². The summed E-state index contributed by atoms with van der Waals surface area (Å²) in [6.07, 6.45) is 5.07. The summed E-state index contributed by atoms with van der Waals surface area (Å²) in [5.74, 6) is 2.19. The number of fused-ring (bicyclic) bond motifs is 3. The minimum absolute atomic E-state index is 0.622. The number of nitrogens with two attached hydrogens (primary N) is 1. The zero-order chi connectivity index (χ0) is 14.6. The lowest BCUT2D eigenvalue weighted by Crippen LogP contribution is -2.10. The summed E-state index contributed by atoms with van der Waals surface area (Å²) < 4.78 is 1.74. The van der Waals surface area contributed by atoms with Gasteiger partial charge in [0.2, 0.25) is 0 Å². The quantitative estimate of drug-likeness (QED) is 0.750. The summed E-state index contributed by atoms with van der Waals surface area (Å²) in [6.45, 7) is 4.25. The molecule has 0 amide bonds. The van der Waals surface area contributed by atoms with Gasteiger partial charge in [-0.1, -0.05) is 6.92 Å². The van der Waals surface area contributed by atoms with Crippen molar-refractivity contribution in [2.24, 2.45) is 5.92 Å². The van der Waals surface area contributed by atoms with Gasteiger partial charge >= 0.3 is 0 Å². The largest absolute Gasteiger partial charge is 0.384 e. The van der Waals surface area contributed by atoms with E-state index in [1.807, 2.05) is 13.0 Å². The summed E-state index contributed by atoms with van der Waals surface area (Å²) in [6, 6.07) is 1.87. The van der Waals surface area contributed by atoms with Gasteiger partial charge in [-0.15, -0.1) is 11.3 Å². The lowest BCUT2D eigenvalue weighted by Gasteiger charge is -2.18. The number of anilines is 1. The van der Waals surface area contributed by atoms with Crippen molar-refractivity contribution < 1.29 is 0 Å². The fourth-order valence-electron chi connectivity index (χ4n) is 3.11. The molecule has 6 heteroatoms. The normalized spacial score (nSPS) is 18.1. The Labute approximate surface area is 126 Å². The van der Waals surface area contributed by atoms with E-state index in [2.05, 4.69) is 22.0 Å². The molecule has 0 radical (unpaired) electrons. The van der Waals surface area contributed by atoms with E-state index in [1.54, 1.807) is 22.3 Å². The highest BCUT2D eigenvalue weighted by atomic mass is 32.1. The monoisotopic (exact) mass is 299 g/mol. The van der Waals surface area contributed by atoms with Crippen molar-refractivity contribution in [2.75, 3.05) is 5.73 Å². The number of rotatable bonds is 1. The molecule has 0 aliphatic heterocycles. The Morgan fingerprint density at radius 3 is 3.00 bits per heavy atom. The molecule has 1 aliphatic carbocycles. The van der Waals surface area contributed by atoms with Crippen molar-refractivity contribution >= 4 is 27.4 Å². The third-order valence-corrected chi connectivity index (χ3v) is 5.29. The second kappa shape index (κ2) is 4.53. The predicted octanol–water partition coefficient (Wildman–Crippen LogP) is 2.89. The Morgan fingerprint density at radius 2 is 2.24 bits per heavy atom. The van der Waals surface area contributed by atoms with Gasteiger partial charge in [0.1, 0.15) is 17.0 Å². The van der Waals surface area contributed by atoms with Crippen molar-refractivity contribution in [1.29, 1.82) is 0 Å². The van der Waals surface area contributed by atoms with Crippen LogP contribution in [-0.2, 0) is 12.8 Å². The standard InChI is InChI=1S/C15H17N5S/c1-8-3-4-10-11(5-8)21-15-13(10)14(17-7-18-15)20-12(16)6-9(2)19-20/h6-8H,3-5,16H2,1-2H3/t8-/m0/s1. The molecule has 3 heterocycles. The molecule has 3 aromatic heterocycles. The van der Waals surface area contributed by atoms with Gasteiger partial charge in [0.15, 0.2) is 5.82 Å². The molecule has 108 valence electrons. The topological polar surface area (TPSA) is 69.6 Å². The van der Waals surface area contributed by atoms with Crippen molar-refractivity contribution in [1.82, 2.24) is 19.7 Å². The SMILES string of the molecule is Cc1cc(N)n(-c2ncnc3sc4c(c23)CC[C@H](C)C4)n1. The molecule has 1 aliphatic rings. The maximum atomic E-state index is 6.07. The van der Waals surface area contributed by atoms with Crippen molar-refractivity contribution in [2.45, 2.75) is 33.1 Å². The Hall–Kier alpha value is -1.95. The average molecular weight is 299 g/mol. The maximum Gasteiger partial charge on any atom is 0.168 e. The van der Waals surface area contributed by atoms with Crippen LogP contribution >= 0.6 is 11.3 Å². The summed E-state index contributed by atoms with van der Waals surface area (Å²) in [7, 11) is 0. The number of thiophene rings is 1. The van der Waals surface area contributed by atoms with Crippen molar-refractivity contribution in [3.8, 4) is 5.82 Å². The first-order valence-corrected chi connectivity index (χ1v) is 8.03. The molecule has 0 aromatic carbocycles. The smallest absolute Gasteiger partial charge is 0.168 e. The van der Waals surface area contributed by atoms with E-state index in [4.69, 9.17) is 5.73 Å². The summed E-state index contributed by atoms with van der Waals surface area (Å²) in [5, 5.41) is 5.62. The second-order valence-corrected chi connectivity index (χ2v) is 6.94. The van der Waals surface area contributed by atoms with Gasteiger partial charge in [-0.25, -0.2) is 9.97 Å². The summed E-state index contributed by atoms with van der Waals surface area (Å²) in [5.41, 5.74) is 8.37. The van der Waals surface area contributed by atoms with Gasteiger partial charge in [-0.3, -0.25) is 0 Å². The zero-order valence-electron chi connectivity index (χ0n) is 12.1. The summed E-state index contributed by atoms with van der Waals surface area (Å²) >= 11 is 1.79. The van der Waals surface area contributed by atoms with Gasteiger partial charge in [0.25, 0.3) is 0 Å². The van der Waals surface area contributed by atoms with Gasteiger partial charge in [-0.05, 0) is 37.7 Å². The van der Waals surface area contributed by atoms with E-state index in [-0.39, 0.29) is 0 Å². The molecule has 4 rings (SSSR count). The van der Waals surface area contributed by atoms with E-state index in [1.165, 1.54) is 16.9 Å². The van der Waals surface area contributed by atoms with Crippen LogP contribution in [0.15, 0.2) is 12.4 Å². The third-order valence-electron chi connectivity index (χ3n) is 4.13. The highest BCUT2D eigenvalue weighted by Gasteiger charge is 2.24. The number of nitrogen functional groups attached to an aromatic ring is 1. The Morgan fingerprint density at radius 1 is 1.38 bits per heavy atom. The van der Waals surface area contributed by atoms with Crippen LogP contribution in [0.2, 0.25) is 0 Å². The molecule has 0 spiro atoms. The molecule has 3 aromatic rings. The lowest BCUT2D eigenvalue weighted by molar-refractivity contribution is 0.509. The second-order valence-electron chi connectivity index (χ2n) is 5.85. The molecule has 0 saturated heterocycles. The van der Waals surface area contributed by atoms with Gasteiger partial charge in [-0.2, -0.15) is 9.78 Å². The van der Waals surface area contributed by atoms with E-state index in [9.17, 15) is 0 Å². The molecule has 2 N–H and O–H groups in total. The van der Waals surface area contributed by atoms with Gasteiger partial charge < -0.3 is 5.73 Å². The molecule has 21 heavy (non-hydrogen) atoms. The minimum Gasteiger partial charge on any atom is -0.384 e. The molecule has 0 unspecified atom stereocenters. The van der Waals surface area contributed by atoms with Crippen LogP contribution in [0.5, 0.6) is 0 Å². The third kappa shape index (κ3) is 1.93. The van der Waals surface area contributed by atoms with Crippen LogP contribution in [0, 0.1) is 12.8 Å². The molecule has 0 fully saturated rings. The predicted molar refractivity (Wildman–Crippen MR) is 84.9 cm³/mol. The van der Waals surface area contributed by atoms with E-state index >= 15 is 0 Å². The first-order chi connectivity index (χ1) is 10.1. The fraction of sp³-hybridized carbons (Fsp3) is 0.400. The number of aromatic nitrogens is 4. The first-order valence-electron chi connectivity index (χ1n) is 7.21. The number of hydrogen-bond acceptors (Lipinski definition) is 5. The summed E-state index contributed by atoms with van der Waals surface area (Å²) in [4.78, 5) is 11.4. The van der Waals surface area contributed by atoms with Crippen LogP contribution in [0.3, 0.4) is 0 Å². The number of hydrogen-bond donors (Lipinski definition) is 1. The van der Waals surface area contributed by atoms with Gasteiger partial charge in [0, 0.05) is 10.9 Å². The highest BCUT2D eigenvalue weighted by molar-refractivity contribution is 7.18. The number of aryl methyl sites for hydroxylation is 2. The zero-order valence-corrected chi connectivity index (χ0v) is 12.9. The van der Waals surface area contributed by atoms with Crippen molar-refractivity contribution in [3.05, 3.63) is 28.5 Å². The average Bonchev–Trinajstić information content (AvgIpc) is 2.97. The van der Waals surface area contributed by atoms with E-state index < -0.39 is 0 Å². The fourth-order valence-corrected chi connectivity index (χ4v) is 4.45. The Balaban J connectivity index is 2.00. The van der Waals surface area contributed by atoms with Crippen LogP contribution in [0.4, 0.5) is 5.82 Å². The first kappa shape index (κ1) is 12.8. The van der Waals surface area contributed by atoms with Crippen LogP contribution in [0.25, 0.3) is 16.0 Å². The molecule has 1 atom stereocenters. The Bertz CT molecular complexity index is 832. The van der Waals surface area contributed by atoms with Crippen LogP contribution < -0.4 is 5.73 Å². The van der Waals surface area contributed by atoms with Gasteiger partial charge in [0.05, 0.1) is 11.1 Å². The molecule has 0 bridgehead atoms.